The van der Waals surface area contributed by atoms with Gasteiger partial charge in [-0.25, -0.2) is 0 Å². The monoisotopic (exact) mass is 202 g/mol. The minimum Gasteiger partial charge on any atom is -0.369 e. The van der Waals surface area contributed by atoms with Gasteiger partial charge in [0.1, 0.15) is 6.61 Å². The normalized spacial score (nSPS) is 12.9. The molecular formula is C10H22N2O2. The molecule has 1 atom stereocenters. The van der Waals surface area contributed by atoms with Crippen LogP contribution in [0.15, 0.2) is 0 Å². The molecule has 2 N–H and O–H groups in total. The maximum atomic E-state index is 11.2. The molecule has 0 fully saturated rings. The van der Waals surface area contributed by atoms with Crippen molar-refractivity contribution in [1.29, 1.82) is 0 Å². The van der Waals surface area contributed by atoms with Crippen LogP contribution < -0.4 is 10.6 Å². The van der Waals surface area contributed by atoms with Gasteiger partial charge in [0.25, 0.3) is 0 Å². The smallest absolute Gasteiger partial charge is 0.246 e. The number of ether oxygens (including phenoxy) is 1. The third-order valence-corrected chi connectivity index (χ3v) is 1.71. The summed E-state index contributed by atoms with van der Waals surface area (Å²) in [7, 11) is 0. The molecule has 0 saturated heterocycles. The third-order valence-electron chi connectivity index (χ3n) is 1.71. The number of carbonyl (C=O) groups excluding carboxylic acids is 1. The number of nitrogens with one attached hydrogen (secondary N) is 2. The summed E-state index contributed by atoms with van der Waals surface area (Å²) in [4.78, 5) is 11.2. The predicted molar refractivity (Wildman–Crippen MR) is 57.2 cm³/mol. The number of amides is 1. The summed E-state index contributed by atoms with van der Waals surface area (Å²) in [5, 5.41) is 6.01. The molecular weight excluding hydrogens is 180 g/mol. The van der Waals surface area contributed by atoms with E-state index < -0.39 is 0 Å². The fourth-order valence-corrected chi connectivity index (χ4v) is 0.981. The number of hydrogen-bond donors (Lipinski definition) is 2. The highest BCUT2D eigenvalue weighted by atomic mass is 16.5. The average Bonchev–Trinajstić information content (AvgIpc) is 2.12. The zero-order valence-corrected chi connectivity index (χ0v) is 9.59. The largest absolute Gasteiger partial charge is 0.369 e. The summed E-state index contributed by atoms with van der Waals surface area (Å²) in [6.07, 6.45) is 0.104. The first-order valence-corrected chi connectivity index (χ1v) is 5.18. The summed E-state index contributed by atoms with van der Waals surface area (Å²) in [5.41, 5.74) is 0. The van der Waals surface area contributed by atoms with Crippen molar-refractivity contribution in [2.24, 2.45) is 0 Å². The fraction of sp³-hybridized carbons (Fsp3) is 0.900. The zero-order chi connectivity index (χ0) is 11.0. The van der Waals surface area contributed by atoms with Crippen molar-refractivity contribution in [3.63, 3.8) is 0 Å². The lowest BCUT2D eigenvalue weighted by molar-refractivity contribution is -0.127. The minimum absolute atomic E-state index is 0.0524. The van der Waals surface area contributed by atoms with E-state index in [4.69, 9.17) is 4.74 Å². The second-order valence-corrected chi connectivity index (χ2v) is 3.62. The van der Waals surface area contributed by atoms with Gasteiger partial charge >= 0.3 is 0 Å². The van der Waals surface area contributed by atoms with E-state index in [2.05, 4.69) is 10.6 Å². The SMILES string of the molecule is CCN[C@H](C)CNC(=O)COC(C)C. The molecule has 0 radical (unpaired) electrons. The summed E-state index contributed by atoms with van der Waals surface area (Å²) >= 11 is 0. The minimum atomic E-state index is -0.0524. The van der Waals surface area contributed by atoms with Crippen LogP contribution in [0.3, 0.4) is 0 Å². The second-order valence-electron chi connectivity index (χ2n) is 3.62. The summed E-state index contributed by atoms with van der Waals surface area (Å²) in [5.74, 6) is -0.0524. The van der Waals surface area contributed by atoms with Gasteiger partial charge in [0.15, 0.2) is 0 Å². The van der Waals surface area contributed by atoms with E-state index >= 15 is 0 Å². The molecule has 0 aliphatic rings. The lowest BCUT2D eigenvalue weighted by Crippen LogP contribution is -2.40. The Kier molecular flexibility index (Phi) is 7.42. The Morgan fingerprint density at radius 2 is 2.00 bits per heavy atom. The van der Waals surface area contributed by atoms with Crippen molar-refractivity contribution >= 4 is 5.91 Å². The molecule has 14 heavy (non-hydrogen) atoms. The van der Waals surface area contributed by atoms with E-state index in [1.165, 1.54) is 0 Å². The Bertz CT molecular complexity index is 160. The van der Waals surface area contributed by atoms with E-state index in [1.807, 2.05) is 27.7 Å². The maximum absolute atomic E-state index is 11.2. The van der Waals surface area contributed by atoms with Crippen LogP contribution >= 0.6 is 0 Å². The highest BCUT2D eigenvalue weighted by molar-refractivity contribution is 5.77. The van der Waals surface area contributed by atoms with Gasteiger partial charge in [-0.15, -0.1) is 0 Å². The molecule has 0 rings (SSSR count). The van der Waals surface area contributed by atoms with Gasteiger partial charge in [-0.1, -0.05) is 6.92 Å². The molecule has 4 heteroatoms. The van der Waals surface area contributed by atoms with Gasteiger partial charge in [0.05, 0.1) is 6.10 Å². The standard InChI is InChI=1S/C10H22N2O2/c1-5-11-9(4)6-12-10(13)7-14-8(2)3/h8-9,11H,5-7H2,1-4H3,(H,12,13)/t9-/m1/s1. The van der Waals surface area contributed by atoms with Crippen LogP contribution in [0, 0.1) is 0 Å². The fourth-order valence-electron chi connectivity index (χ4n) is 0.981. The van der Waals surface area contributed by atoms with E-state index in [9.17, 15) is 4.79 Å². The molecule has 0 aliphatic carbocycles. The van der Waals surface area contributed by atoms with Crippen LogP contribution in [0.1, 0.15) is 27.7 Å². The zero-order valence-electron chi connectivity index (χ0n) is 9.59. The van der Waals surface area contributed by atoms with Crippen LogP contribution in [0.25, 0.3) is 0 Å². The molecule has 0 aromatic carbocycles. The first-order valence-electron chi connectivity index (χ1n) is 5.18. The van der Waals surface area contributed by atoms with Crippen LogP contribution in [-0.2, 0) is 9.53 Å². The molecule has 4 nitrogen and oxygen atoms in total. The Labute approximate surface area is 86.4 Å². The van der Waals surface area contributed by atoms with E-state index in [0.29, 0.717) is 12.6 Å². The maximum Gasteiger partial charge on any atom is 0.246 e. The first-order chi connectivity index (χ1) is 6.56. The Hall–Kier alpha value is -0.610. The molecule has 0 bridgehead atoms. The molecule has 0 spiro atoms. The van der Waals surface area contributed by atoms with Gasteiger partial charge in [-0.3, -0.25) is 4.79 Å². The van der Waals surface area contributed by atoms with Crippen molar-refractivity contribution in [2.75, 3.05) is 19.7 Å². The Balaban J connectivity index is 3.43. The molecule has 84 valence electrons. The van der Waals surface area contributed by atoms with Gasteiger partial charge < -0.3 is 15.4 Å². The highest BCUT2D eigenvalue weighted by Gasteiger charge is 2.04. The van der Waals surface area contributed by atoms with E-state index in [-0.39, 0.29) is 18.6 Å². The van der Waals surface area contributed by atoms with Gasteiger partial charge in [0, 0.05) is 12.6 Å². The Morgan fingerprint density at radius 3 is 2.50 bits per heavy atom. The average molecular weight is 202 g/mol. The van der Waals surface area contributed by atoms with Crippen molar-refractivity contribution in [3.05, 3.63) is 0 Å². The number of carbonyl (C=O) groups is 1. The summed E-state index contributed by atoms with van der Waals surface area (Å²) in [6.45, 7) is 9.61. The van der Waals surface area contributed by atoms with Crippen LogP contribution in [0.4, 0.5) is 0 Å². The van der Waals surface area contributed by atoms with Crippen LogP contribution in [0.5, 0.6) is 0 Å². The summed E-state index contributed by atoms with van der Waals surface area (Å²) in [6, 6.07) is 0.308. The second kappa shape index (κ2) is 7.76. The summed E-state index contributed by atoms with van der Waals surface area (Å²) < 4.78 is 5.16. The molecule has 0 aliphatic heterocycles. The van der Waals surface area contributed by atoms with Crippen LogP contribution in [-0.4, -0.2) is 37.7 Å². The molecule has 0 saturated carbocycles. The van der Waals surface area contributed by atoms with Gasteiger partial charge in [-0.2, -0.15) is 0 Å². The topological polar surface area (TPSA) is 50.4 Å². The first kappa shape index (κ1) is 13.4. The molecule has 0 aromatic heterocycles. The highest BCUT2D eigenvalue weighted by Crippen LogP contribution is 1.86. The predicted octanol–water partition coefficient (Wildman–Crippen LogP) is 0.526. The van der Waals surface area contributed by atoms with E-state index in [0.717, 1.165) is 6.54 Å². The van der Waals surface area contributed by atoms with Crippen LogP contribution in [0.2, 0.25) is 0 Å². The number of hydrogen-bond acceptors (Lipinski definition) is 3. The van der Waals surface area contributed by atoms with Crippen molar-refractivity contribution in [3.8, 4) is 0 Å². The molecule has 0 unspecified atom stereocenters. The quantitative estimate of drug-likeness (QED) is 0.633. The lowest BCUT2D eigenvalue weighted by Gasteiger charge is -2.13. The van der Waals surface area contributed by atoms with E-state index in [1.54, 1.807) is 0 Å². The number of likely N-dealkylation sites (N-methyl/N-ethyl adjacent to an activating group) is 1. The molecule has 1 amide bonds. The lowest BCUT2D eigenvalue weighted by atomic mass is 10.3. The van der Waals surface area contributed by atoms with Gasteiger partial charge in [0.2, 0.25) is 5.91 Å². The van der Waals surface area contributed by atoms with Crippen molar-refractivity contribution in [1.82, 2.24) is 10.6 Å². The van der Waals surface area contributed by atoms with Crippen molar-refractivity contribution in [2.45, 2.75) is 39.8 Å². The Morgan fingerprint density at radius 1 is 1.36 bits per heavy atom. The molecule has 0 heterocycles. The molecule has 0 aromatic rings. The van der Waals surface area contributed by atoms with Gasteiger partial charge in [-0.05, 0) is 27.3 Å². The van der Waals surface area contributed by atoms with Crippen molar-refractivity contribution < 1.29 is 9.53 Å². The third kappa shape index (κ3) is 8.01. The number of rotatable bonds is 7.